The van der Waals surface area contributed by atoms with E-state index in [1.807, 2.05) is 4.90 Å². The van der Waals surface area contributed by atoms with Crippen LogP contribution in [-0.4, -0.2) is 30.0 Å². The van der Waals surface area contributed by atoms with Crippen LogP contribution in [0, 0.1) is 12.8 Å². The molecule has 3 heteroatoms. The number of likely N-dealkylation sites (tertiary alicyclic amines) is 1. The molecule has 0 radical (unpaired) electrons. The van der Waals surface area contributed by atoms with Gasteiger partial charge in [-0.1, -0.05) is 29.8 Å². The summed E-state index contributed by atoms with van der Waals surface area (Å²) in [6, 6.07) is 8.46. The fourth-order valence-corrected chi connectivity index (χ4v) is 2.76. The lowest BCUT2D eigenvalue weighted by atomic mass is 10.1. The van der Waals surface area contributed by atoms with Crippen LogP contribution in [0.15, 0.2) is 24.3 Å². The SMILES string of the molecule is Cc1ccc(COC2CCCN(C(=O)C3CC3)C2)cc1. The zero-order valence-corrected chi connectivity index (χ0v) is 12.2. The molecular formula is C17H23NO2. The van der Waals surface area contributed by atoms with Gasteiger partial charge in [-0.2, -0.15) is 0 Å². The first kappa shape index (κ1) is 13.6. The van der Waals surface area contributed by atoms with Gasteiger partial charge in [0.25, 0.3) is 0 Å². The first-order valence-corrected chi connectivity index (χ1v) is 7.68. The van der Waals surface area contributed by atoms with Crippen molar-refractivity contribution in [3.63, 3.8) is 0 Å². The van der Waals surface area contributed by atoms with Crippen molar-refractivity contribution in [3.8, 4) is 0 Å². The molecule has 0 bridgehead atoms. The maximum absolute atomic E-state index is 12.1. The van der Waals surface area contributed by atoms with Crippen LogP contribution in [0.25, 0.3) is 0 Å². The molecule has 1 heterocycles. The molecule has 1 atom stereocenters. The molecule has 3 nitrogen and oxygen atoms in total. The van der Waals surface area contributed by atoms with E-state index < -0.39 is 0 Å². The van der Waals surface area contributed by atoms with Crippen LogP contribution >= 0.6 is 0 Å². The predicted octanol–water partition coefficient (Wildman–Crippen LogP) is 2.91. The molecule has 0 spiro atoms. The van der Waals surface area contributed by atoms with Crippen LogP contribution in [-0.2, 0) is 16.1 Å². The topological polar surface area (TPSA) is 29.5 Å². The summed E-state index contributed by atoms with van der Waals surface area (Å²) in [6.07, 6.45) is 4.51. The van der Waals surface area contributed by atoms with E-state index in [0.717, 1.165) is 38.8 Å². The van der Waals surface area contributed by atoms with E-state index >= 15 is 0 Å². The molecule has 1 amide bonds. The first-order valence-electron chi connectivity index (χ1n) is 7.68. The zero-order chi connectivity index (χ0) is 13.9. The van der Waals surface area contributed by atoms with E-state index in [-0.39, 0.29) is 6.10 Å². The quantitative estimate of drug-likeness (QED) is 0.844. The van der Waals surface area contributed by atoms with E-state index in [0.29, 0.717) is 18.4 Å². The lowest BCUT2D eigenvalue weighted by Gasteiger charge is -2.32. The van der Waals surface area contributed by atoms with Crippen LogP contribution in [0.1, 0.15) is 36.8 Å². The zero-order valence-electron chi connectivity index (χ0n) is 12.2. The largest absolute Gasteiger partial charge is 0.372 e. The molecule has 2 fully saturated rings. The standard InChI is InChI=1S/C17H23NO2/c1-13-4-6-14(7-5-13)12-20-16-3-2-10-18(11-16)17(19)15-8-9-15/h4-7,15-16H,2-3,8-12H2,1H3. The van der Waals surface area contributed by atoms with Gasteiger partial charge in [-0.15, -0.1) is 0 Å². The molecule has 1 unspecified atom stereocenters. The number of carbonyl (C=O) groups excluding carboxylic acids is 1. The number of rotatable bonds is 4. The molecule has 1 saturated carbocycles. The van der Waals surface area contributed by atoms with Gasteiger partial charge in [-0.3, -0.25) is 4.79 Å². The van der Waals surface area contributed by atoms with Crippen LogP contribution in [0.2, 0.25) is 0 Å². The fourth-order valence-electron chi connectivity index (χ4n) is 2.76. The average molecular weight is 273 g/mol. The molecule has 0 aromatic heterocycles. The van der Waals surface area contributed by atoms with E-state index in [4.69, 9.17) is 4.74 Å². The number of benzene rings is 1. The van der Waals surface area contributed by atoms with Crippen molar-refractivity contribution in [1.29, 1.82) is 0 Å². The second kappa shape index (κ2) is 5.96. The summed E-state index contributed by atoms with van der Waals surface area (Å²) < 4.78 is 6.00. The Morgan fingerprint density at radius 3 is 2.70 bits per heavy atom. The smallest absolute Gasteiger partial charge is 0.225 e. The predicted molar refractivity (Wildman–Crippen MR) is 78.3 cm³/mol. The maximum Gasteiger partial charge on any atom is 0.225 e. The third kappa shape index (κ3) is 3.40. The number of amides is 1. The van der Waals surface area contributed by atoms with Crippen molar-refractivity contribution in [2.75, 3.05) is 13.1 Å². The second-order valence-electron chi connectivity index (χ2n) is 6.12. The molecule has 2 aliphatic rings. The normalized spacial score (nSPS) is 22.9. The third-order valence-electron chi connectivity index (χ3n) is 4.22. The van der Waals surface area contributed by atoms with Crippen LogP contribution in [0.3, 0.4) is 0 Å². The van der Waals surface area contributed by atoms with E-state index in [9.17, 15) is 4.79 Å². The van der Waals surface area contributed by atoms with Crippen LogP contribution in [0.5, 0.6) is 0 Å². The molecule has 1 saturated heterocycles. The summed E-state index contributed by atoms with van der Waals surface area (Å²) in [5.74, 6) is 0.680. The summed E-state index contributed by atoms with van der Waals surface area (Å²) in [5, 5.41) is 0. The molecule has 1 aromatic rings. The van der Waals surface area contributed by atoms with Crippen molar-refractivity contribution in [3.05, 3.63) is 35.4 Å². The van der Waals surface area contributed by atoms with Crippen LogP contribution < -0.4 is 0 Å². The number of carbonyl (C=O) groups is 1. The number of ether oxygens (including phenoxy) is 1. The maximum atomic E-state index is 12.1. The Morgan fingerprint density at radius 2 is 2.00 bits per heavy atom. The lowest BCUT2D eigenvalue weighted by molar-refractivity contribution is -0.137. The van der Waals surface area contributed by atoms with Gasteiger partial charge in [-0.25, -0.2) is 0 Å². The van der Waals surface area contributed by atoms with Gasteiger partial charge in [-0.05, 0) is 38.2 Å². The number of aryl methyl sites for hydroxylation is 1. The van der Waals surface area contributed by atoms with Gasteiger partial charge in [0.2, 0.25) is 5.91 Å². The minimum Gasteiger partial charge on any atom is -0.372 e. The highest BCUT2D eigenvalue weighted by molar-refractivity contribution is 5.81. The molecule has 1 aliphatic heterocycles. The lowest BCUT2D eigenvalue weighted by Crippen LogP contribution is -2.43. The number of hydrogen-bond donors (Lipinski definition) is 0. The molecule has 1 aromatic carbocycles. The molecule has 108 valence electrons. The summed E-state index contributed by atoms with van der Waals surface area (Å²) in [4.78, 5) is 14.1. The van der Waals surface area contributed by atoms with Crippen molar-refractivity contribution in [2.24, 2.45) is 5.92 Å². The van der Waals surface area contributed by atoms with Gasteiger partial charge in [0.1, 0.15) is 0 Å². The Hall–Kier alpha value is -1.35. The summed E-state index contributed by atoms with van der Waals surface area (Å²) >= 11 is 0. The number of hydrogen-bond acceptors (Lipinski definition) is 2. The Morgan fingerprint density at radius 1 is 1.25 bits per heavy atom. The second-order valence-corrected chi connectivity index (χ2v) is 6.12. The van der Waals surface area contributed by atoms with Gasteiger partial charge in [0, 0.05) is 19.0 Å². The molecule has 3 rings (SSSR count). The van der Waals surface area contributed by atoms with E-state index in [1.165, 1.54) is 11.1 Å². The first-order chi connectivity index (χ1) is 9.72. The Balaban J connectivity index is 1.49. The molecule has 20 heavy (non-hydrogen) atoms. The summed E-state index contributed by atoms with van der Waals surface area (Å²) in [6.45, 7) is 4.43. The highest BCUT2D eigenvalue weighted by atomic mass is 16.5. The van der Waals surface area contributed by atoms with Gasteiger partial charge >= 0.3 is 0 Å². The molecular weight excluding hydrogens is 250 g/mol. The fraction of sp³-hybridized carbons (Fsp3) is 0.588. The molecule has 1 aliphatic carbocycles. The minimum atomic E-state index is 0.202. The van der Waals surface area contributed by atoms with Gasteiger partial charge < -0.3 is 9.64 Å². The highest BCUT2D eigenvalue weighted by Gasteiger charge is 2.35. The van der Waals surface area contributed by atoms with Gasteiger partial charge in [0.05, 0.1) is 12.7 Å². The van der Waals surface area contributed by atoms with E-state index in [1.54, 1.807) is 0 Å². The Labute approximate surface area is 120 Å². The monoisotopic (exact) mass is 273 g/mol. The van der Waals surface area contributed by atoms with Crippen molar-refractivity contribution in [1.82, 2.24) is 4.90 Å². The Bertz CT molecular complexity index is 464. The van der Waals surface area contributed by atoms with Crippen molar-refractivity contribution >= 4 is 5.91 Å². The average Bonchev–Trinajstić information content (AvgIpc) is 3.31. The Kier molecular flexibility index (Phi) is 4.06. The summed E-state index contributed by atoms with van der Waals surface area (Å²) in [5.41, 5.74) is 2.48. The number of nitrogens with zero attached hydrogens (tertiary/aromatic N) is 1. The number of piperidine rings is 1. The highest BCUT2D eigenvalue weighted by Crippen LogP contribution is 2.32. The van der Waals surface area contributed by atoms with Crippen molar-refractivity contribution < 1.29 is 9.53 Å². The summed E-state index contributed by atoms with van der Waals surface area (Å²) in [7, 11) is 0. The van der Waals surface area contributed by atoms with Gasteiger partial charge in [0.15, 0.2) is 0 Å². The van der Waals surface area contributed by atoms with Crippen LogP contribution in [0.4, 0.5) is 0 Å². The molecule has 0 N–H and O–H groups in total. The van der Waals surface area contributed by atoms with E-state index in [2.05, 4.69) is 31.2 Å². The third-order valence-corrected chi connectivity index (χ3v) is 4.22. The van der Waals surface area contributed by atoms with Crippen molar-refractivity contribution in [2.45, 2.75) is 45.3 Å². The minimum absolute atomic E-state index is 0.202.